The molecule has 0 saturated carbocycles. The predicted molar refractivity (Wildman–Crippen MR) is 203 cm³/mol. The zero-order chi connectivity index (χ0) is 34.5. The van der Waals surface area contributed by atoms with Crippen LogP contribution >= 0.6 is 48.0 Å². The van der Waals surface area contributed by atoms with Gasteiger partial charge < -0.3 is 9.80 Å². The molecule has 12 heteroatoms. The Bertz CT molecular complexity index is 1390. The predicted octanol–water partition coefficient (Wildman–Crippen LogP) is 7.14. The van der Waals surface area contributed by atoms with Crippen molar-refractivity contribution < 1.29 is 19.2 Å². The van der Waals surface area contributed by atoms with E-state index in [0.29, 0.717) is 83.4 Å². The van der Waals surface area contributed by atoms with Gasteiger partial charge in [-0.25, -0.2) is 0 Å². The summed E-state index contributed by atoms with van der Waals surface area (Å²) in [6, 6.07) is 19.9. The second kappa shape index (κ2) is 19.2. The standard InChI is InChI=1S/C36H44N4O4S4/c1-3-37(25-27-17-9-5-10-18-27)29(41)21-13-7-15-23-39-33(43)31(47-35(39)45)32-34(44)40(36(46)48-32)24-16-8-14-22-30(42)38(4-2)26-28-19-11-6-12-20-28/h5-6,9-12,17-20H,3-4,7-8,13-16,21-26H2,1-2H3. The van der Waals surface area contributed by atoms with Crippen LogP contribution in [0.5, 0.6) is 0 Å². The van der Waals surface area contributed by atoms with Crippen molar-refractivity contribution >= 4 is 80.2 Å². The van der Waals surface area contributed by atoms with Crippen LogP contribution in [0.3, 0.4) is 0 Å². The summed E-state index contributed by atoms with van der Waals surface area (Å²) in [6.45, 7) is 7.40. The first-order valence-electron chi connectivity index (χ1n) is 16.7. The molecule has 4 amide bonds. The molecule has 0 radical (unpaired) electrons. The first-order chi connectivity index (χ1) is 23.2. The first kappa shape index (κ1) is 37.8. The molecular weight excluding hydrogens is 681 g/mol. The highest BCUT2D eigenvalue weighted by Gasteiger charge is 2.41. The molecule has 0 aromatic heterocycles. The number of unbranched alkanes of at least 4 members (excludes halogenated alkanes) is 4. The van der Waals surface area contributed by atoms with Gasteiger partial charge in [0.2, 0.25) is 11.8 Å². The number of carbonyl (C=O) groups is 4. The Labute approximate surface area is 303 Å². The Balaban J connectivity index is 1.18. The lowest BCUT2D eigenvalue weighted by Crippen LogP contribution is -2.31. The van der Waals surface area contributed by atoms with Gasteiger partial charge in [0, 0.05) is 52.1 Å². The Hall–Kier alpha value is -3.06. The van der Waals surface area contributed by atoms with Crippen LogP contribution in [0.25, 0.3) is 0 Å². The van der Waals surface area contributed by atoms with Crippen molar-refractivity contribution in [3.63, 3.8) is 0 Å². The van der Waals surface area contributed by atoms with Crippen LogP contribution in [0.4, 0.5) is 0 Å². The van der Waals surface area contributed by atoms with Gasteiger partial charge in [0.1, 0.15) is 8.64 Å². The van der Waals surface area contributed by atoms with Gasteiger partial charge >= 0.3 is 0 Å². The van der Waals surface area contributed by atoms with Crippen molar-refractivity contribution in [1.29, 1.82) is 0 Å². The lowest BCUT2D eigenvalue weighted by Gasteiger charge is -2.21. The average molecular weight is 725 g/mol. The number of carbonyl (C=O) groups excluding carboxylic acids is 4. The van der Waals surface area contributed by atoms with E-state index >= 15 is 0 Å². The molecule has 8 nitrogen and oxygen atoms in total. The smallest absolute Gasteiger partial charge is 0.267 e. The van der Waals surface area contributed by atoms with E-state index in [1.54, 1.807) is 9.80 Å². The molecule has 2 saturated heterocycles. The summed E-state index contributed by atoms with van der Waals surface area (Å²) in [6.07, 6.45) is 5.39. The van der Waals surface area contributed by atoms with Gasteiger partial charge in [-0.15, -0.1) is 0 Å². The van der Waals surface area contributed by atoms with Crippen molar-refractivity contribution in [3.05, 3.63) is 81.6 Å². The Morgan fingerprint density at radius 2 is 0.979 bits per heavy atom. The van der Waals surface area contributed by atoms with Crippen LogP contribution in [-0.4, -0.2) is 78.0 Å². The Kier molecular flexibility index (Phi) is 15.1. The SMILES string of the molecule is CCN(Cc1ccccc1)C(=O)CCCCCN1C(=O)C(=C2SC(=S)N(CCCCCC(=O)N(CC)Cc3ccccc3)C2=O)SC1=S. The summed E-state index contributed by atoms with van der Waals surface area (Å²) in [7, 11) is 0. The van der Waals surface area contributed by atoms with Crippen molar-refractivity contribution in [3.8, 4) is 0 Å². The highest BCUT2D eigenvalue weighted by molar-refractivity contribution is 8.29. The fourth-order valence-electron chi connectivity index (χ4n) is 5.58. The summed E-state index contributed by atoms with van der Waals surface area (Å²) in [5, 5.41) is 0. The van der Waals surface area contributed by atoms with E-state index in [1.807, 2.05) is 84.3 Å². The summed E-state index contributed by atoms with van der Waals surface area (Å²) in [5.41, 5.74) is 2.22. The molecule has 0 aliphatic carbocycles. The molecule has 0 atom stereocenters. The minimum atomic E-state index is -0.254. The molecule has 0 bridgehead atoms. The molecule has 2 fully saturated rings. The molecule has 0 unspecified atom stereocenters. The summed E-state index contributed by atoms with van der Waals surface area (Å²) in [4.78, 5) is 59.7. The second-order valence-electron chi connectivity index (χ2n) is 11.7. The van der Waals surface area contributed by atoms with Gasteiger partial charge in [0.25, 0.3) is 11.8 Å². The number of hydrogen-bond donors (Lipinski definition) is 0. The molecule has 2 aliphatic rings. The number of thioether (sulfide) groups is 2. The van der Waals surface area contributed by atoms with Gasteiger partial charge in [0.15, 0.2) is 0 Å². The monoisotopic (exact) mass is 724 g/mol. The second-order valence-corrected chi connectivity index (χ2v) is 15.0. The van der Waals surface area contributed by atoms with E-state index in [2.05, 4.69) is 0 Å². The third kappa shape index (κ3) is 10.5. The molecule has 48 heavy (non-hydrogen) atoms. The van der Waals surface area contributed by atoms with Crippen molar-refractivity contribution in [2.24, 2.45) is 0 Å². The summed E-state index contributed by atoms with van der Waals surface area (Å²) in [5.74, 6) is -0.249. The van der Waals surface area contributed by atoms with E-state index < -0.39 is 0 Å². The highest BCUT2D eigenvalue weighted by Crippen LogP contribution is 2.42. The van der Waals surface area contributed by atoms with Crippen LogP contribution in [0.15, 0.2) is 70.5 Å². The normalized spacial score (nSPS) is 16.3. The summed E-state index contributed by atoms with van der Waals surface area (Å²) >= 11 is 13.4. The minimum absolute atomic E-state index is 0.129. The first-order valence-corrected chi connectivity index (χ1v) is 19.1. The lowest BCUT2D eigenvalue weighted by molar-refractivity contribution is -0.132. The fourth-order valence-corrected chi connectivity index (χ4v) is 8.35. The molecule has 2 aromatic carbocycles. The molecule has 256 valence electrons. The van der Waals surface area contributed by atoms with Crippen LogP contribution in [-0.2, 0) is 32.3 Å². The lowest BCUT2D eigenvalue weighted by atomic mass is 10.1. The van der Waals surface area contributed by atoms with Crippen molar-refractivity contribution in [1.82, 2.24) is 19.6 Å². The average Bonchev–Trinajstić information content (AvgIpc) is 3.54. The number of thiocarbonyl (C=S) groups is 2. The van der Waals surface area contributed by atoms with E-state index in [9.17, 15) is 19.2 Å². The van der Waals surface area contributed by atoms with E-state index in [0.717, 1.165) is 60.3 Å². The number of nitrogens with zero attached hydrogens (tertiary/aromatic N) is 4. The molecule has 2 aromatic rings. The number of amides is 4. The highest BCUT2D eigenvalue weighted by atomic mass is 32.2. The maximum Gasteiger partial charge on any atom is 0.267 e. The van der Waals surface area contributed by atoms with Crippen LogP contribution < -0.4 is 0 Å². The van der Waals surface area contributed by atoms with Crippen molar-refractivity contribution in [2.75, 3.05) is 26.2 Å². The Morgan fingerprint density at radius 3 is 1.33 bits per heavy atom. The third-order valence-electron chi connectivity index (χ3n) is 8.35. The molecule has 0 spiro atoms. The minimum Gasteiger partial charge on any atom is -0.339 e. The zero-order valence-corrected chi connectivity index (χ0v) is 31.0. The largest absolute Gasteiger partial charge is 0.339 e. The molecular formula is C36H44N4O4S4. The number of rotatable bonds is 18. The van der Waals surface area contributed by atoms with Crippen molar-refractivity contribution in [2.45, 2.75) is 78.3 Å². The van der Waals surface area contributed by atoms with Gasteiger partial charge in [-0.05, 0) is 50.7 Å². The quantitative estimate of drug-likeness (QED) is 0.0913. The van der Waals surface area contributed by atoms with Gasteiger partial charge in [-0.3, -0.25) is 29.0 Å². The number of hydrogen-bond acceptors (Lipinski definition) is 8. The van der Waals surface area contributed by atoms with E-state index in [-0.39, 0.29) is 23.6 Å². The fraction of sp³-hybridized carbons (Fsp3) is 0.444. The topological polar surface area (TPSA) is 81.2 Å². The summed E-state index contributed by atoms with van der Waals surface area (Å²) < 4.78 is 0.879. The van der Waals surface area contributed by atoms with Crippen LogP contribution in [0.2, 0.25) is 0 Å². The third-order valence-corrected chi connectivity index (χ3v) is 11.4. The van der Waals surface area contributed by atoms with Gasteiger partial charge in [0.05, 0.1) is 9.81 Å². The molecule has 4 rings (SSSR count). The van der Waals surface area contributed by atoms with Gasteiger partial charge in [-0.1, -0.05) is 121 Å². The Morgan fingerprint density at radius 1 is 0.604 bits per heavy atom. The van der Waals surface area contributed by atoms with Crippen LogP contribution in [0.1, 0.15) is 76.3 Å². The number of benzene rings is 2. The van der Waals surface area contributed by atoms with E-state index in [1.165, 1.54) is 0 Å². The van der Waals surface area contributed by atoms with Gasteiger partial charge in [-0.2, -0.15) is 0 Å². The van der Waals surface area contributed by atoms with E-state index in [4.69, 9.17) is 24.4 Å². The zero-order valence-electron chi connectivity index (χ0n) is 27.7. The molecule has 2 aliphatic heterocycles. The maximum atomic E-state index is 13.3. The molecule has 0 N–H and O–H groups in total. The maximum absolute atomic E-state index is 13.3. The molecule has 2 heterocycles. The van der Waals surface area contributed by atoms with Crippen LogP contribution in [0, 0.1) is 0 Å².